The van der Waals surface area contributed by atoms with Crippen molar-refractivity contribution in [2.45, 2.75) is 57.3 Å². The lowest BCUT2D eigenvalue weighted by Crippen LogP contribution is -2.51. The molecule has 0 spiro atoms. The zero-order chi connectivity index (χ0) is 15.1. The fourth-order valence-corrected chi connectivity index (χ4v) is 2.85. The molecule has 3 rings (SSSR count). The van der Waals surface area contributed by atoms with Gasteiger partial charge in [-0.1, -0.05) is 30.3 Å². The van der Waals surface area contributed by atoms with E-state index in [1.54, 1.807) is 20.8 Å². The van der Waals surface area contributed by atoms with E-state index >= 15 is 0 Å². The van der Waals surface area contributed by atoms with Crippen LogP contribution >= 0.6 is 0 Å². The molecule has 0 aromatic heterocycles. The first-order valence-corrected chi connectivity index (χ1v) is 7.12. The van der Waals surface area contributed by atoms with Gasteiger partial charge in [-0.05, 0) is 26.3 Å². The maximum Gasteiger partial charge on any atom is 0.191 e. The van der Waals surface area contributed by atoms with Crippen molar-refractivity contribution in [3.63, 3.8) is 0 Å². The summed E-state index contributed by atoms with van der Waals surface area (Å²) in [6.45, 7) is 5.72. The third kappa shape index (κ3) is 2.51. The maximum atomic E-state index is 11.8. The highest BCUT2D eigenvalue weighted by atomic mass is 16.8. The van der Waals surface area contributed by atoms with E-state index in [0.29, 0.717) is 6.61 Å². The van der Waals surface area contributed by atoms with Crippen molar-refractivity contribution in [1.82, 2.24) is 0 Å². The van der Waals surface area contributed by atoms with Crippen LogP contribution in [-0.2, 0) is 30.3 Å². The lowest BCUT2D eigenvalue weighted by molar-refractivity contribution is -0.230. The smallest absolute Gasteiger partial charge is 0.191 e. The molecule has 21 heavy (non-hydrogen) atoms. The van der Waals surface area contributed by atoms with Crippen LogP contribution in [0.1, 0.15) is 26.3 Å². The Kier molecular flexibility index (Phi) is 3.61. The number of rotatable bonds is 4. The van der Waals surface area contributed by atoms with Crippen LogP contribution in [-0.4, -0.2) is 36.2 Å². The molecule has 1 aromatic rings. The van der Waals surface area contributed by atoms with Crippen LogP contribution in [0.4, 0.5) is 0 Å². The van der Waals surface area contributed by atoms with Gasteiger partial charge in [-0.25, -0.2) is 0 Å². The number of benzene rings is 1. The molecule has 0 unspecified atom stereocenters. The molecule has 0 bridgehead atoms. The quantitative estimate of drug-likeness (QED) is 0.795. The average Bonchev–Trinajstić information content (AvgIpc) is 2.88. The Balaban J connectivity index is 1.80. The van der Waals surface area contributed by atoms with Crippen LogP contribution in [0.2, 0.25) is 0 Å². The Morgan fingerprint density at radius 3 is 2.62 bits per heavy atom. The van der Waals surface area contributed by atoms with Crippen LogP contribution in [0.15, 0.2) is 30.3 Å². The molecule has 5 nitrogen and oxygen atoms in total. The topological polar surface area (TPSA) is 54.0 Å². The van der Waals surface area contributed by atoms with Crippen molar-refractivity contribution >= 4 is 6.29 Å². The molecule has 5 heteroatoms. The van der Waals surface area contributed by atoms with Gasteiger partial charge in [0.05, 0.1) is 12.7 Å². The van der Waals surface area contributed by atoms with E-state index in [1.165, 1.54) is 0 Å². The van der Waals surface area contributed by atoms with Gasteiger partial charge in [0.25, 0.3) is 0 Å². The van der Waals surface area contributed by atoms with Crippen LogP contribution in [0.5, 0.6) is 0 Å². The number of carbonyl (C=O) groups excluding carboxylic acids is 1. The Bertz CT molecular complexity index is 515. The molecule has 1 aromatic carbocycles. The van der Waals surface area contributed by atoms with Gasteiger partial charge in [-0.3, -0.25) is 4.79 Å². The van der Waals surface area contributed by atoms with Crippen molar-refractivity contribution in [2.24, 2.45) is 0 Å². The molecule has 114 valence electrons. The first kappa shape index (κ1) is 14.7. The van der Waals surface area contributed by atoms with Gasteiger partial charge in [0, 0.05) is 0 Å². The summed E-state index contributed by atoms with van der Waals surface area (Å²) in [5.41, 5.74) is -0.151. The van der Waals surface area contributed by atoms with Crippen LogP contribution in [0.3, 0.4) is 0 Å². The Morgan fingerprint density at radius 2 is 1.95 bits per heavy atom. The largest absolute Gasteiger partial charge is 0.357 e. The molecule has 2 saturated heterocycles. The lowest BCUT2D eigenvalue weighted by Gasteiger charge is -2.32. The molecule has 2 heterocycles. The van der Waals surface area contributed by atoms with Gasteiger partial charge < -0.3 is 18.9 Å². The minimum absolute atomic E-state index is 0.320. The number of ether oxygens (including phenoxy) is 4. The molecule has 4 atom stereocenters. The molecular formula is C16H20O5. The summed E-state index contributed by atoms with van der Waals surface area (Å²) >= 11 is 0. The van der Waals surface area contributed by atoms with E-state index in [2.05, 4.69) is 0 Å². The SMILES string of the molecule is C[C@@H]1O[C@@H]2OC(C)(C)O[C@@H]2[C@]1(C=O)OCc1ccccc1. The zero-order valence-electron chi connectivity index (χ0n) is 12.4. The Labute approximate surface area is 124 Å². The van der Waals surface area contributed by atoms with E-state index in [9.17, 15) is 4.79 Å². The first-order valence-electron chi connectivity index (χ1n) is 7.12. The zero-order valence-corrected chi connectivity index (χ0v) is 12.4. The molecule has 0 radical (unpaired) electrons. The van der Waals surface area contributed by atoms with E-state index in [0.717, 1.165) is 11.8 Å². The van der Waals surface area contributed by atoms with Crippen molar-refractivity contribution < 1.29 is 23.7 Å². The highest BCUT2D eigenvalue weighted by Crippen LogP contribution is 2.44. The van der Waals surface area contributed by atoms with Crippen LogP contribution in [0, 0.1) is 0 Å². The number of carbonyl (C=O) groups is 1. The van der Waals surface area contributed by atoms with Crippen LogP contribution < -0.4 is 0 Å². The highest BCUT2D eigenvalue weighted by Gasteiger charge is 2.63. The van der Waals surface area contributed by atoms with Gasteiger partial charge in [0.2, 0.25) is 0 Å². The molecular weight excluding hydrogens is 272 g/mol. The average molecular weight is 292 g/mol. The van der Waals surface area contributed by atoms with E-state index in [4.69, 9.17) is 18.9 Å². The van der Waals surface area contributed by atoms with Gasteiger partial charge in [0.15, 0.2) is 30.1 Å². The van der Waals surface area contributed by atoms with Crippen molar-refractivity contribution in [3.8, 4) is 0 Å². The number of hydrogen-bond donors (Lipinski definition) is 0. The van der Waals surface area contributed by atoms with Crippen molar-refractivity contribution in [3.05, 3.63) is 35.9 Å². The van der Waals surface area contributed by atoms with Crippen LogP contribution in [0.25, 0.3) is 0 Å². The normalized spacial score (nSPS) is 37.4. The predicted octanol–water partition coefficient (Wildman–Crippen LogP) is 2.04. The van der Waals surface area contributed by atoms with Crippen molar-refractivity contribution in [1.29, 1.82) is 0 Å². The van der Waals surface area contributed by atoms with Gasteiger partial charge in [-0.15, -0.1) is 0 Å². The molecule has 0 saturated carbocycles. The summed E-state index contributed by atoms with van der Waals surface area (Å²) < 4.78 is 23.2. The second-order valence-electron chi connectivity index (χ2n) is 5.95. The first-order chi connectivity index (χ1) is 9.97. The van der Waals surface area contributed by atoms with E-state index < -0.39 is 29.9 Å². The molecule has 2 aliphatic rings. The number of hydrogen-bond acceptors (Lipinski definition) is 5. The number of fused-ring (bicyclic) bond motifs is 1. The third-order valence-corrected chi connectivity index (χ3v) is 3.99. The fourth-order valence-electron chi connectivity index (χ4n) is 2.85. The van der Waals surface area contributed by atoms with Crippen molar-refractivity contribution in [2.75, 3.05) is 0 Å². The highest BCUT2D eigenvalue weighted by molar-refractivity contribution is 5.66. The summed E-state index contributed by atoms with van der Waals surface area (Å²) in [4.78, 5) is 11.8. The third-order valence-electron chi connectivity index (χ3n) is 3.99. The summed E-state index contributed by atoms with van der Waals surface area (Å²) in [6, 6.07) is 9.70. The fraction of sp³-hybridized carbons (Fsp3) is 0.562. The molecule has 2 fully saturated rings. The molecule has 2 aliphatic heterocycles. The lowest BCUT2D eigenvalue weighted by atomic mass is 9.94. The van der Waals surface area contributed by atoms with E-state index in [1.807, 2.05) is 30.3 Å². The Morgan fingerprint density at radius 1 is 1.24 bits per heavy atom. The summed E-state index contributed by atoms with van der Waals surface area (Å²) in [5, 5.41) is 0. The van der Waals surface area contributed by atoms with Gasteiger partial charge >= 0.3 is 0 Å². The molecule has 0 N–H and O–H groups in total. The summed E-state index contributed by atoms with van der Waals surface area (Å²) in [6.07, 6.45) is -0.764. The maximum absolute atomic E-state index is 11.8. The van der Waals surface area contributed by atoms with Gasteiger partial charge in [-0.2, -0.15) is 0 Å². The minimum Gasteiger partial charge on any atom is -0.357 e. The molecule has 0 aliphatic carbocycles. The number of aldehydes is 1. The Hall–Kier alpha value is -1.27. The second-order valence-corrected chi connectivity index (χ2v) is 5.95. The molecule has 0 amide bonds. The second kappa shape index (κ2) is 5.18. The minimum atomic E-state index is -1.14. The standard InChI is InChI=1S/C16H20O5/c1-11-16(10-17,18-9-12-7-5-4-6-8-12)13-14(19-11)21-15(2,3)20-13/h4-8,10-11,13-14H,9H2,1-3H3/t11-,13-,14+,16+/m0/s1. The summed E-state index contributed by atoms with van der Waals surface area (Å²) in [5.74, 6) is -0.778. The predicted molar refractivity (Wildman–Crippen MR) is 74.4 cm³/mol. The summed E-state index contributed by atoms with van der Waals surface area (Å²) in [7, 11) is 0. The van der Waals surface area contributed by atoms with E-state index in [-0.39, 0.29) is 0 Å². The van der Waals surface area contributed by atoms with Gasteiger partial charge in [0.1, 0.15) is 0 Å². The monoisotopic (exact) mass is 292 g/mol.